The Morgan fingerprint density at radius 2 is 1.78 bits per heavy atom. The second kappa shape index (κ2) is 9.04. The minimum atomic E-state index is -0.882. The Morgan fingerprint density at radius 3 is 2.36 bits per heavy atom. The highest BCUT2D eigenvalue weighted by molar-refractivity contribution is 6.11. The van der Waals surface area contributed by atoms with E-state index in [9.17, 15) is 14.4 Å². The van der Waals surface area contributed by atoms with E-state index < -0.39 is 11.3 Å². The van der Waals surface area contributed by atoms with Crippen molar-refractivity contribution in [2.45, 2.75) is 25.7 Å². The van der Waals surface area contributed by atoms with Crippen LogP contribution in [0.5, 0.6) is 5.75 Å². The second-order valence-electron chi connectivity index (χ2n) is 9.70. The molecule has 0 atom stereocenters. The number of carbonyl (C=O) groups excluding carboxylic acids is 3. The summed E-state index contributed by atoms with van der Waals surface area (Å²) in [6, 6.07) is 18.2. The van der Waals surface area contributed by atoms with Crippen molar-refractivity contribution in [1.82, 2.24) is 9.88 Å². The number of hydrogen-bond acceptors (Lipinski definition) is 6. The molecule has 5 rings (SSSR count). The third-order valence-corrected chi connectivity index (χ3v) is 7.15. The SMILES string of the molecule is COc1cc(-c2ccc(C#N)cn2)cc(C)c1C1C(=O)CC2(CC1=O)CN(C(=O)c1ccccc1)C2. The van der Waals surface area contributed by atoms with Crippen molar-refractivity contribution in [3.8, 4) is 23.1 Å². The molecule has 0 radical (unpaired) electrons. The molecule has 1 saturated carbocycles. The number of rotatable bonds is 4. The summed E-state index contributed by atoms with van der Waals surface area (Å²) in [6.45, 7) is 2.67. The number of ketones is 2. The van der Waals surface area contributed by atoms with Gasteiger partial charge in [-0.15, -0.1) is 0 Å². The van der Waals surface area contributed by atoms with E-state index in [0.717, 1.165) is 11.1 Å². The van der Waals surface area contributed by atoms with Gasteiger partial charge >= 0.3 is 0 Å². The number of ether oxygens (including phenoxy) is 1. The Balaban J connectivity index is 1.37. The molecule has 36 heavy (non-hydrogen) atoms. The Bertz CT molecular complexity index is 1380. The van der Waals surface area contributed by atoms with E-state index in [-0.39, 0.29) is 30.3 Å². The Labute approximate surface area is 209 Å². The summed E-state index contributed by atoms with van der Waals surface area (Å²) in [5.41, 5.74) is 3.40. The highest BCUT2D eigenvalue weighted by Crippen LogP contribution is 2.47. The number of carbonyl (C=O) groups is 3. The van der Waals surface area contributed by atoms with Crippen LogP contribution in [0.3, 0.4) is 0 Å². The van der Waals surface area contributed by atoms with Crippen LogP contribution < -0.4 is 4.74 Å². The molecular weight excluding hydrogens is 454 g/mol. The molecule has 2 aliphatic rings. The molecule has 7 nitrogen and oxygen atoms in total. The van der Waals surface area contributed by atoms with Gasteiger partial charge in [-0.05, 0) is 48.9 Å². The number of pyridine rings is 1. The smallest absolute Gasteiger partial charge is 0.253 e. The molecule has 0 bridgehead atoms. The zero-order valence-corrected chi connectivity index (χ0v) is 20.2. The standard InChI is InChI=1S/C29H25N3O4/c1-18-10-21(22-9-8-19(14-30)15-31-22)11-25(36-2)26(18)27-23(33)12-29(13-24(27)34)16-32(17-29)28(35)20-6-4-3-5-7-20/h3-11,15,27H,12-13,16-17H2,1-2H3. The van der Waals surface area contributed by atoms with E-state index >= 15 is 0 Å². The first-order chi connectivity index (χ1) is 17.3. The molecule has 3 aromatic rings. The second-order valence-corrected chi connectivity index (χ2v) is 9.70. The van der Waals surface area contributed by atoms with Crippen molar-refractivity contribution >= 4 is 17.5 Å². The van der Waals surface area contributed by atoms with Gasteiger partial charge in [-0.1, -0.05) is 18.2 Å². The molecule has 1 aromatic heterocycles. The van der Waals surface area contributed by atoms with Gasteiger partial charge < -0.3 is 9.64 Å². The molecule has 1 aliphatic heterocycles. The summed E-state index contributed by atoms with van der Waals surface area (Å²) in [4.78, 5) is 45.6. The van der Waals surface area contributed by atoms with Crippen LogP contribution in [0.1, 0.15) is 45.8 Å². The van der Waals surface area contributed by atoms with Crippen LogP contribution in [0.15, 0.2) is 60.8 Å². The fourth-order valence-electron chi connectivity index (χ4n) is 5.48. The van der Waals surface area contributed by atoms with Gasteiger partial charge in [0.15, 0.2) is 0 Å². The lowest BCUT2D eigenvalue weighted by atomic mass is 9.63. The van der Waals surface area contributed by atoms with Gasteiger partial charge in [0.2, 0.25) is 0 Å². The number of hydrogen-bond donors (Lipinski definition) is 0. The summed E-state index contributed by atoms with van der Waals surface area (Å²) >= 11 is 0. The van der Waals surface area contributed by atoms with Crippen LogP contribution in [0.25, 0.3) is 11.3 Å². The lowest BCUT2D eigenvalue weighted by molar-refractivity contribution is -0.141. The van der Waals surface area contributed by atoms with Crippen LogP contribution in [-0.4, -0.2) is 47.6 Å². The number of benzene rings is 2. The third-order valence-electron chi connectivity index (χ3n) is 7.15. The molecule has 1 amide bonds. The number of nitrogens with zero attached hydrogens (tertiary/aromatic N) is 3. The average molecular weight is 480 g/mol. The number of Topliss-reactive ketones (excluding diaryl/α,β-unsaturated/α-hetero) is 2. The van der Waals surface area contributed by atoms with Crippen LogP contribution in [-0.2, 0) is 9.59 Å². The highest BCUT2D eigenvalue weighted by Gasteiger charge is 2.53. The Morgan fingerprint density at radius 1 is 1.08 bits per heavy atom. The molecule has 0 unspecified atom stereocenters. The van der Waals surface area contributed by atoms with Gasteiger partial charge in [0.05, 0.1) is 18.4 Å². The summed E-state index contributed by atoms with van der Waals surface area (Å²) in [6.07, 6.45) is 2.01. The fourth-order valence-corrected chi connectivity index (χ4v) is 5.48. The topological polar surface area (TPSA) is 100 Å². The molecule has 2 fully saturated rings. The highest BCUT2D eigenvalue weighted by atomic mass is 16.5. The Kier molecular flexibility index (Phi) is 5.89. The first-order valence-corrected chi connectivity index (χ1v) is 11.8. The van der Waals surface area contributed by atoms with Crippen molar-refractivity contribution in [1.29, 1.82) is 5.26 Å². The van der Waals surface area contributed by atoms with E-state index in [1.165, 1.54) is 13.3 Å². The van der Waals surface area contributed by atoms with Crippen LogP contribution in [0.2, 0.25) is 0 Å². The number of methoxy groups -OCH3 is 1. The predicted molar refractivity (Wildman–Crippen MR) is 132 cm³/mol. The normalized spacial score (nSPS) is 17.0. The van der Waals surface area contributed by atoms with Gasteiger partial charge in [0.25, 0.3) is 5.91 Å². The monoisotopic (exact) mass is 479 g/mol. The van der Waals surface area contributed by atoms with Gasteiger partial charge in [0, 0.05) is 54.2 Å². The Hall–Kier alpha value is -4.31. The average Bonchev–Trinajstić information content (AvgIpc) is 2.87. The lowest BCUT2D eigenvalue weighted by Gasteiger charge is -2.52. The molecule has 1 spiro atoms. The quantitative estimate of drug-likeness (QED) is 0.523. The summed E-state index contributed by atoms with van der Waals surface area (Å²) < 4.78 is 5.64. The molecular formula is C29H25N3O4. The van der Waals surface area contributed by atoms with Crippen LogP contribution in [0, 0.1) is 23.7 Å². The van der Waals surface area contributed by atoms with Crippen molar-refractivity contribution in [2.75, 3.05) is 20.2 Å². The lowest BCUT2D eigenvalue weighted by Crippen LogP contribution is -2.62. The van der Waals surface area contributed by atoms with Crippen LogP contribution in [0.4, 0.5) is 0 Å². The number of likely N-dealkylation sites (tertiary alicyclic amines) is 1. The van der Waals surface area contributed by atoms with Gasteiger partial charge in [-0.3, -0.25) is 19.4 Å². The maximum Gasteiger partial charge on any atom is 0.253 e. The van der Waals surface area contributed by atoms with Crippen molar-refractivity contribution in [3.05, 3.63) is 83.0 Å². The van der Waals surface area contributed by atoms with Crippen molar-refractivity contribution in [3.63, 3.8) is 0 Å². The zero-order valence-electron chi connectivity index (χ0n) is 20.2. The maximum atomic E-state index is 13.4. The van der Waals surface area contributed by atoms with Gasteiger partial charge in [-0.2, -0.15) is 5.26 Å². The van der Waals surface area contributed by atoms with Gasteiger partial charge in [0.1, 0.15) is 29.3 Å². The minimum absolute atomic E-state index is 0.0761. The zero-order chi connectivity index (χ0) is 25.4. The molecule has 2 aromatic carbocycles. The third kappa shape index (κ3) is 4.05. The van der Waals surface area contributed by atoms with E-state index in [1.54, 1.807) is 35.2 Å². The summed E-state index contributed by atoms with van der Waals surface area (Å²) in [5, 5.41) is 9.02. The first-order valence-electron chi connectivity index (χ1n) is 11.8. The first kappa shape index (κ1) is 23.4. The molecule has 1 aliphatic carbocycles. The van der Waals surface area contributed by atoms with Crippen molar-refractivity contribution < 1.29 is 19.1 Å². The maximum absolute atomic E-state index is 13.4. The molecule has 2 heterocycles. The van der Waals surface area contributed by atoms with Crippen molar-refractivity contribution in [2.24, 2.45) is 5.41 Å². The van der Waals surface area contributed by atoms with E-state index in [1.807, 2.05) is 31.2 Å². The van der Waals surface area contributed by atoms with E-state index in [0.29, 0.717) is 41.2 Å². The molecule has 180 valence electrons. The summed E-state index contributed by atoms with van der Waals surface area (Å²) in [5.74, 6) is -0.763. The minimum Gasteiger partial charge on any atom is -0.496 e. The summed E-state index contributed by atoms with van der Waals surface area (Å²) in [7, 11) is 1.52. The largest absolute Gasteiger partial charge is 0.496 e. The van der Waals surface area contributed by atoms with Gasteiger partial charge in [-0.25, -0.2) is 0 Å². The number of aryl methyl sites for hydroxylation is 1. The number of nitriles is 1. The van der Waals surface area contributed by atoms with E-state index in [2.05, 4.69) is 11.1 Å². The van der Waals surface area contributed by atoms with Crippen LogP contribution >= 0.6 is 0 Å². The fraction of sp³-hybridized carbons (Fsp3) is 0.276. The molecule has 7 heteroatoms. The number of amides is 1. The molecule has 0 N–H and O–H groups in total. The van der Waals surface area contributed by atoms with E-state index in [4.69, 9.17) is 10.00 Å². The number of aromatic nitrogens is 1. The predicted octanol–water partition coefficient (Wildman–Crippen LogP) is 4.10. The molecule has 1 saturated heterocycles.